The minimum atomic E-state index is -0.449. The number of nitrogens with zero attached hydrogens (tertiary/aromatic N) is 1. The van der Waals surface area contributed by atoms with Gasteiger partial charge in [-0.15, -0.1) is 0 Å². The maximum atomic E-state index is 12.3. The summed E-state index contributed by atoms with van der Waals surface area (Å²) in [6.07, 6.45) is 1.03. The van der Waals surface area contributed by atoms with Gasteiger partial charge in [-0.2, -0.15) is 0 Å². The van der Waals surface area contributed by atoms with E-state index in [4.69, 9.17) is 11.6 Å². The number of H-pyrrole nitrogens is 1. The standard InChI is InChI=1S/C16H19ClN4O2/c1-3-10(2)20-8-13-14(18-9-20)21(16(23)19-15(13)22)12-6-4-11(17)5-7-12/h4-7,10,18H,3,8-9H2,1-2H3,(H,19,22,23)/p+1/t10-/m1/s1. The van der Waals surface area contributed by atoms with E-state index in [1.54, 1.807) is 24.3 Å². The summed E-state index contributed by atoms with van der Waals surface area (Å²) in [5, 5.41) is 3.86. The van der Waals surface area contributed by atoms with Gasteiger partial charge in [-0.05, 0) is 37.6 Å². The molecule has 0 spiro atoms. The minimum Gasteiger partial charge on any atom is -0.324 e. The van der Waals surface area contributed by atoms with Crippen LogP contribution in [-0.2, 0) is 6.54 Å². The van der Waals surface area contributed by atoms with Crippen LogP contribution in [0.25, 0.3) is 5.69 Å². The topological polar surface area (TPSA) is 71.3 Å². The molecule has 6 nitrogen and oxygen atoms in total. The molecular formula is C16H20ClN4O2+. The van der Waals surface area contributed by atoms with Gasteiger partial charge >= 0.3 is 5.69 Å². The van der Waals surface area contributed by atoms with Crippen molar-refractivity contribution in [2.45, 2.75) is 32.9 Å². The molecule has 1 aliphatic heterocycles. The molecule has 2 heterocycles. The molecule has 1 aliphatic rings. The third-order valence-electron chi connectivity index (χ3n) is 4.49. The second-order valence-corrected chi connectivity index (χ2v) is 6.33. The molecule has 0 saturated carbocycles. The second-order valence-electron chi connectivity index (χ2n) is 5.90. The first kappa shape index (κ1) is 15.8. The van der Waals surface area contributed by atoms with E-state index in [0.29, 0.717) is 41.3 Å². The summed E-state index contributed by atoms with van der Waals surface area (Å²) >= 11 is 5.91. The lowest BCUT2D eigenvalue weighted by atomic mass is 10.1. The Bertz CT molecular complexity index is 825. The molecule has 0 saturated heterocycles. The molecule has 3 rings (SSSR count). The number of anilines is 1. The highest BCUT2D eigenvalue weighted by atomic mass is 35.5. The molecule has 0 amide bonds. The van der Waals surface area contributed by atoms with Crippen LogP contribution in [-0.4, -0.2) is 22.3 Å². The predicted molar refractivity (Wildman–Crippen MR) is 90.6 cm³/mol. The van der Waals surface area contributed by atoms with Crippen molar-refractivity contribution in [3.05, 3.63) is 55.7 Å². The fraction of sp³-hybridized carbons (Fsp3) is 0.375. The summed E-state index contributed by atoms with van der Waals surface area (Å²) in [7, 11) is 0. The Morgan fingerprint density at radius 3 is 2.65 bits per heavy atom. The largest absolute Gasteiger partial charge is 0.334 e. The van der Waals surface area contributed by atoms with Gasteiger partial charge in [0.25, 0.3) is 5.56 Å². The Morgan fingerprint density at radius 2 is 2.00 bits per heavy atom. The maximum absolute atomic E-state index is 12.3. The summed E-state index contributed by atoms with van der Waals surface area (Å²) in [4.78, 5) is 28.2. The monoisotopic (exact) mass is 335 g/mol. The van der Waals surface area contributed by atoms with Gasteiger partial charge in [0.1, 0.15) is 17.9 Å². The summed E-state index contributed by atoms with van der Waals surface area (Å²) in [6.45, 7) is 5.57. The Hall–Kier alpha value is -2.05. The highest BCUT2D eigenvalue weighted by Crippen LogP contribution is 2.18. The Labute approximate surface area is 138 Å². The Kier molecular flexibility index (Phi) is 4.28. The Morgan fingerprint density at radius 1 is 1.30 bits per heavy atom. The molecule has 2 aromatic rings. The zero-order valence-corrected chi connectivity index (χ0v) is 13.9. The molecule has 7 heteroatoms. The number of nitrogens with one attached hydrogen (secondary N) is 3. The van der Waals surface area contributed by atoms with Gasteiger partial charge in [-0.25, -0.2) is 9.36 Å². The average molecular weight is 336 g/mol. The van der Waals surface area contributed by atoms with Gasteiger partial charge in [0.15, 0.2) is 6.67 Å². The van der Waals surface area contributed by atoms with E-state index in [0.717, 1.165) is 6.42 Å². The van der Waals surface area contributed by atoms with Crippen molar-refractivity contribution >= 4 is 17.4 Å². The molecule has 1 aromatic heterocycles. The van der Waals surface area contributed by atoms with E-state index in [1.807, 2.05) is 0 Å². The molecule has 0 bridgehead atoms. The number of halogens is 1. The van der Waals surface area contributed by atoms with E-state index in [9.17, 15) is 9.59 Å². The van der Waals surface area contributed by atoms with E-state index in [1.165, 1.54) is 9.47 Å². The summed E-state index contributed by atoms with van der Waals surface area (Å²) in [5.74, 6) is 0.577. The van der Waals surface area contributed by atoms with E-state index < -0.39 is 5.69 Å². The first-order valence-corrected chi connectivity index (χ1v) is 8.11. The fourth-order valence-electron chi connectivity index (χ4n) is 2.88. The van der Waals surface area contributed by atoms with Crippen LogP contribution in [0, 0.1) is 0 Å². The first-order chi connectivity index (χ1) is 11.0. The lowest BCUT2D eigenvalue weighted by Crippen LogP contribution is -3.16. The van der Waals surface area contributed by atoms with E-state index >= 15 is 0 Å². The Balaban J connectivity index is 2.12. The molecule has 0 radical (unpaired) electrons. The molecule has 0 fully saturated rings. The van der Waals surface area contributed by atoms with Crippen LogP contribution in [0.5, 0.6) is 0 Å². The fourth-order valence-corrected chi connectivity index (χ4v) is 3.01. The van der Waals surface area contributed by atoms with Crippen LogP contribution < -0.4 is 21.5 Å². The molecule has 3 N–H and O–H groups in total. The van der Waals surface area contributed by atoms with Crippen LogP contribution in [0.15, 0.2) is 33.9 Å². The second kappa shape index (κ2) is 6.22. The number of hydrogen-bond donors (Lipinski definition) is 3. The lowest BCUT2D eigenvalue weighted by molar-refractivity contribution is -0.935. The average Bonchev–Trinajstić information content (AvgIpc) is 2.55. The van der Waals surface area contributed by atoms with E-state index in [2.05, 4.69) is 24.1 Å². The third-order valence-corrected chi connectivity index (χ3v) is 4.74. The molecule has 0 aliphatic carbocycles. The van der Waals surface area contributed by atoms with Crippen molar-refractivity contribution < 1.29 is 4.90 Å². The van der Waals surface area contributed by atoms with Gasteiger partial charge in [-0.3, -0.25) is 9.78 Å². The van der Waals surface area contributed by atoms with Crippen LogP contribution in [0.1, 0.15) is 25.8 Å². The van der Waals surface area contributed by atoms with Crippen molar-refractivity contribution in [1.82, 2.24) is 9.55 Å². The van der Waals surface area contributed by atoms with Crippen molar-refractivity contribution in [2.24, 2.45) is 0 Å². The van der Waals surface area contributed by atoms with Gasteiger partial charge in [0.05, 0.1) is 11.7 Å². The van der Waals surface area contributed by atoms with Crippen molar-refractivity contribution in [3.8, 4) is 5.69 Å². The zero-order valence-electron chi connectivity index (χ0n) is 13.1. The highest BCUT2D eigenvalue weighted by molar-refractivity contribution is 6.30. The molecule has 1 aromatic carbocycles. The maximum Gasteiger partial charge on any atom is 0.334 e. The first-order valence-electron chi connectivity index (χ1n) is 7.74. The predicted octanol–water partition coefficient (Wildman–Crippen LogP) is 0.746. The normalized spacial score (nSPS) is 18.1. The van der Waals surface area contributed by atoms with Gasteiger partial charge in [0.2, 0.25) is 0 Å². The number of quaternary nitrogens is 1. The smallest absolute Gasteiger partial charge is 0.324 e. The van der Waals surface area contributed by atoms with Crippen molar-refractivity contribution in [3.63, 3.8) is 0 Å². The number of aromatic amines is 1. The van der Waals surface area contributed by atoms with Crippen LogP contribution in [0.3, 0.4) is 0 Å². The van der Waals surface area contributed by atoms with Gasteiger partial charge in [-0.1, -0.05) is 18.5 Å². The molecule has 1 unspecified atom stereocenters. The van der Waals surface area contributed by atoms with Crippen molar-refractivity contribution in [1.29, 1.82) is 0 Å². The highest BCUT2D eigenvalue weighted by Gasteiger charge is 2.28. The quantitative estimate of drug-likeness (QED) is 0.775. The number of fused-ring (bicyclic) bond motifs is 1. The number of aromatic nitrogens is 2. The number of benzene rings is 1. The third kappa shape index (κ3) is 2.92. The number of hydrogen-bond acceptors (Lipinski definition) is 3. The molecule has 122 valence electrons. The number of rotatable bonds is 3. The van der Waals surface area contributed by atoms with E-state index in [-0.39, 0.29) is 5.56 Å². The molecular weight excluding hydrogens is 316 g/mol. The molecule has 2 atom stereocenters. The summed E-state index contributed by atoms with van der Waals surface area (Å²) < 4.78 is 1.50. The van der Waals surface area contributed by atoms with Crippen LogP contribution in [0.2, 0.25) is 5.02 Å². The summed E-state index contributed by atoms with van der Waals surface area (Å²) in [6, 6.07) is 7.40. The summed E-state index contributed by atoms with van der Waals surface area (Å²) in [5.41, 5.74) is 0.520. The van der Waals surface area contributed by atoms with Crippen LogP contribution >= 0.6 is 11.6 Å². The van der Waals surface area contributed by atoms with Gasteiger partial charge in [0, 0.05) is 5.02 Å². The van der Waals surface area contributed by atoms with Gasteiger partial charge < -0.3 is 10.2 Å². The minimum absolute atomic E-state index is 0.316. The van der Waals surface area contributed by atoms with Crippen molar-refractivity contribution in [2.75, 3.05) is 12.0 Å². The zero-order chi connectivity index (χ0) is 16.6. The lowest BCUT2D eigenvalue weighted by Gasteiger charge is -2.31. The van der Waals surface area contributed by atoms with Crippen LogP contribution in [0.4, 0.5) is 5.82 Å². The molecule has 23 heavy (non-hydrogen) atoms. The SMILES string of the molecule is CC[C@@H](C)[NH+]1CNc2c(c(=O)[nH]c(=O)n2-c2ccc(Cl)cc2)C1.